The van der Waals surface area contributed by atoms with Gasteiger partial charge in [-0.1, -0.05) is 10.1 Å². The first-order chi connectivity index (χ1) is 5.88. The van der Waals surface area contributed by atoms with E-state index in [2.05, 4.69) is 23.6 Å². The Kier molecular flexibility index (Phi) is 7.26. The van der Waals surface area contributed by atoms with Gasteiger partial charge in [0.05, 0.1) is 0 Å². The standard InChI is InChI=1S/C8H5S.C2H3O.U/c1-2-4-8-7(3-1)5-6-9-8;1-2-3;/h1-2,4-6H;1H3;/q2*-1;+2. The zero-order valence-electron chi connectivity index (χ0n) is 7.20. The molecule has 2 rings (SSSR count). The van der Waals surface area contributed by atoms with E-state index in [9.17, 15) is 0 Å². The fraction of sp³-hybridized carbons (Fsp3) is 0.100. The van der Waals surface area contributed by atoms with E-state index in [1.165, 1.54) is 23.3 Å². The second-order valence-corrected chi connectivity index (χ2v) is 3.02. The maximum Gasteiger partial charge on any atom is 2.00 e. The van der Waals surface area contributed by atoms with Gasteiger partial charge < -0.3 is 4.79 Å². The van der Waals surface area contributed by atoms with Crippen molar-refractivity contribution in [2.45, 2.75) is 6.92 Å². The van der Waals surface area contributed by atoms with E-state index in [1.807, 2.05) is 12.1 Å². The number of fused-ring (bicyclic) bond motifs is 1. The summed E-state index contributed by atoms with van der Waals surface area (Å²) in [6.07, 6.45) is 1.50. The molecule has 2 aromatic rings. The quantitative estimate of drug-likeness (QED) is 0.607. The smallest absolute Gasteiger partial charge is 0.542 e. The molecular formula is C10H8OSU. The van der Waals surface area contributed by atoms with Gasteiger partial charge >= 0.3 is 31.1 Å². The summed E-state index contributed by atoms with van der Waals surface area (Å²) < 4.78 is 1.32. The fourth-order valence-corrected chi connectivity index (χ4v) is 1.60. The molecule has 0 amide bonds. The summed E-state index contributed by atoms with van der Waals surface area (Å²) in [6.45, 7) is 1.32. The van der Waals surface area contributed by atoms with Crippen molar-refractivity contribution in [3.05, 3.63) is 35.7 Å². The van der Waals surface area contributed by atoms with Crippen LogP contribution in [0.3, 0.4) is 0 Å². The summed E-state index contributed by atoms with van der Waals surface area (Å²) in [5, 5.41) is 3.31. The molecule has 0 unspecified atom stereocenters. The van der Waals surface area contributed by atoms with E-state index in [4.69, 9.17) is 4.79 Å². The Labute approximate surface area is 106 Å². The first kappa shape index (κ1) is 12.9. The van der Waals surface area contributed by atoms with E-state index in [1.54, 1.807) is 11.3 Å². The third-order valence-electron chi connectivity index (χ3n) is 1.28. The molecule has 1 aromatic carbocycles. The normalized spacial score (nSPS) is 8.08. The minimum Gasteiger partial charge on any atom is -0.542 e. The van der Waals surface area contributed by atoms with Crippen LogP contribution in [0.1, 0.15) is 6.92 Å². The molecule has 1 aromatic heterocycles. The van der Waals surface area contributed by atoms with Crippen molar-refractivity contribution in [1.82, 2.24) is 0 Å². The van der Waals surface area contributed by atoms with Crippen molar-refractivity contribution in [3.8, 4) is 0 Å². The van der Waals surface area contributed by atoms with Crippen LogP contribution in [0.15, 0.2) is 29.6 Å². The van der Waals surface area contributed by atoms with Crippen molar-refractivity contribution in [3.63, 3.8) is 0 Å². The Hall–Kier alpha value is -0.0981. The van der Waals surface area contributed by atoms with Crippen molar-refractivity contribution in [2.75, 3.05) is 0 Å². The van der Waals surface area contributed by atoms with E-state index < -0.39 is 0 Å². The van der Waals surface area contributed by atoms with Crippen LogP contribution >= 0.6 is 11.3 Å². The molecule has 0 aliphatic heterocycles. The van der Waals surface area contributed by atoms with Gasteiger partial charge in [-0.15, -0.1) is 35.7 Å². The van der Waals surface area contributed by atoms with Crippen LogP contribution in [0.25, 0.3) is 10.1 Å². The van der Waals surface area contributed by atoms with Crippen LogP contribution in [-0.2, 0) is 4.79 Å². The molecular weight excluding hydrogens is 406 g/mol. The van der Waals surface area contributed by atoms with Gasteiger partial charge in [0.25, 0.3) is 0 Å². The second-order valence-electron chi connectivity index (χ2n) is 2.07. The van der Waals surface area contributed by atoms with E-state index in [0.717, 1.165) is 0 Å². The molecule has 0 aliphatic rings. The predicted octanol–water partition coefficient (Wildman–Crippen LogP) is 2.82. The third-order valence-corrected chi connectivity index (χ3v) is 2.16. The zero-order chi connectivity index (χ0) is 8.81. The number of thiophene rings is 1. The van der Waals surface area contributed by atoms with E-state index in [0.29, 0.717) is 0 Å². The predicted molar refractivity (Wildman–Crippen MR) is 52.0 cm³/mol. The van der Waals surface area contributed by atoms with Crippen LogP contribution < -0.4 is 0 Å². The van der Waals surface area contributed by atoms with Gasteiger partial charge in [0, 0.05) is 0 Å². The molecule has 1 heterocycles. The summed E-state index contributed by atoms with van der Waals surface area (Å²) in [7, 11) is 0. The monoisotopic (exact) mass is 414 g/mol. The van der Waals surface area contributed by atoms with E-state index in [-0.39, 0.29) is 31.1 Å². The summed E-state index contributed by atoms with van der Waals surface area (Å²) in [5.74, 6) is 0. The Morgan fingerprint density at radius 2 is 2.15 bits per heavy atom. The van der Waals surface area contributed by atoms with Crippen LogP contribution in [-0.4, -0.2) is 6.29 Å². The number of hydrogen-bond acceptors (Lipinski definition) is 2. The average molecular weight is 414 g/mol. The van der Waals surface area contributed by atoms with Crippen molar-refractivity contribution in [1.29, 1.82) is 0 Å². The summed E-state index contributed by atoms with van der Waals surface area (Å²) in [4.78, 5) is 8.68. The molecule has 0 N–H and O–H groups in total. The molecule has 0 aliphatic carbocycles. The molecule has 13 heavy (non-hydrogen) atoms. The molecule has 0 saturated heterocycles. The molecule has 0 saturated carbocycles. The Balaban J connectivity index is 0.000000324. The summed E-state index contributed by atoms with van der Waals surface area (Å²) >= 11 is 1.76. The molecule has 0 radical (unpaired) electrons. The van der Waals surface area contributed by atoms with Crippen LogP contribution in [0.4, 0.5) is 0 Å². The minimum atomic E-state index is 0. The van der Waals surface area contributed by atoms with Gasteiger partial charge in [0.1, 0.15) is 0 Å². The summed E-state index contributed by atoms with van der Waals surface area (Å²) in [5.41, 5.74) is 0. The van der Waals surface area contributed by atoms with Gasteiger partial charge in [0.15, 0.2) is 0 Å². The van der Waals surface area contributed by atoms with Gasteiger partial charge in [-0.3, -0.25) is 6.29 Å². The number of carbonyl (C=O) groups excluding carboxylic acids is 1. The fourth-order valence-electron chi connectivity index (χ4n) is 0.843. The van der Waals surface area contributed by atoms with Gasteiger partial charge in [-0.05, 0) is 0 Å². The van der Waals surface area contributed by atoms with Gasteiger partial charge in [0.2, 0.25) is 0 Å². The molecule has 0 atom stereocenters. The zero-order valence-corrected chi connectivity index (χ0v) is 12.2. The SMILES string of the molecule is C[C-]=O.[U+2].[c-]1cccc2sccc12. The first-order valence-corrected chi connectivity index (χ1v) is 4.39. The first-order valence-electron chi connectivity index (χ1n) is 3.51. The molecule has 3 heteroatoms. The Bertz CT molecular complexity index is 326. The maximum atomic E-state index is 8.68. The molecule has 64 valence electrons. The van der Waals surface area contributed by atoms with Gasteiger partial charge in [-0.2, -0.15) is 6.92 Å². The van der Waals surface area contributed by atoms with Crippen LogP contribution in [0, 0.1) is 37.2 Å². The topological polar surface area (TPSA) is 17.1 Å². The second kappa shape index (κ2) is 7.32. The van der Waals surface area contributed by atoms with Crippen molar-refractivity contribution >= 4 is 27.7 Å². The maximum absolute atomic E-state index is 8.68. The Morgan fingerprint density at radius 3 is 2.77 bits per heavy atom. The molecule has 0 spiro atoms. The van der Waals surface area contributed by atoms with Crippen molar-refractivity contribution in [2.24, 2.45) is 0 Å². The molecule has 0 fully saturated rings. The van der Waals surface area contributed by atoms with Crippen LogP contribution in [0.2, 0.25) is 0 Å². The van der Waals surface area contributed by atoms with Crippen LogP contribution in [0.5, 0.6) is 0 Å². The Morgan fingerprint density at radius 1 is 1.46 bits per heavy atom. The number of benzene rings is 1. The minimum absolute atomic E-state index is 0. The summed E-state index contributed by atoms with van der Waals surface area (Å²) in [6, 6.07) is 11.3. The largest absolute Gasteiger partial charge is 2.00 e. The number of rotatable bonds is 0. The van der Waals surface area contributed by atoms with Crippen molar-refractivity contribution < 1.29 is 35.9 Å². The third kappa shape index (κ3) is 4.08. The van der Waals surface area contributed by atoms with Gasteiger partial charge in [-0.25, -0.2) is 11.3 Å². The molecule has 0 bridgehead atoms. The number of hydrogen-bond donors (Lipinski definition) is 0. The van der Waals surface area contributed by atoms with E-state index >= 15 is 0 Å². The average Bonchev–Trinajstić information content (AvgIpc) is 2.52. The molecule has 1 nitrogen and oxygen atoms in total.